The first kappa shape index (κ1) is 14.0. The molecule has 104 valence electrons. The van der Waals surface area contributed by atoms with E-state index in [-0.39, 0.29) is 23.3 Å². The van der Waals surface area contributed by atoms with Crippen molar-refractivity contribution in [2.75, 3.05) is 11.9 Å². The van der Waals surface area contributed by atoms with Crippen LogP contribution in [-0.2, 0) is 21.2 Å². The minimum absolute atomic E-state index is 0.0144. The lowest BCUT2D eigenvalue weighted by Crippen LogP contribution is -2.32. The van der Waals surface area contributed by atoms with E-state index in [0.29, 0.717) is 0 Å². The molecule has 6 heteroatoms. The van der Waals surface area contributed by atoms with E-state index in [1.807, 2.05) is 13.8 Å². The van der Waals surface area contributed by atoms with E-state index in [9.17, 15) is 13.2 Å². The highest BCUT2D eigenvalue weighted by Crippen LogP contribution is 2.29. The number of rotatable bonds is 4. The van der Waals surface area contributed by atoms with Crippen molar-refractivity contribution >= 4 is 21.6 Å². The Morgan fingerprint density at radius 3 is 2.74 bits per heavy atom. The summed E-state index contributed by atoms with van der Waals surface area (Å²) < 4.78 is 26.9. The van der Waals surface area contributed by atoms with Gasteiger partial charge in [0.2, 0.25) is 15.9 Å². The summed E-state index contributed by atoms with van der Waals surface area (Å²) in [6.07, 6.45) is 0.990. The molecular weight excluding hydrogens is 264 g/mol. The molecule has 0 spiro atoms. The maximum Gasteiger partial charge on any atom is 0.240 e. The van der Waals surface area contributed by atoms with Gasteiger partial charge in [0.15, 0.2) is 0 Å². The molecular formula is C13H18N2O3S. The maximum atomic E-state index is 12.2. The second-order valence-electron chi connectivity index (χ2n) is 4.85. The third kappa shape index (κ3) is 2.64. The molecule has 1 unspecified atom stereocenters. The molecule has 1 atom stereocenters. The first-order valence-electron chi connectivity index (χ1n) is 6.27. The van der Waals surface area contributed by atoms with Gasteiger partial charge in [0, 0.05) is 18.8 Å². The van der Waals surface area contributed by atoms with Gasteiger partial charge in [-0.05, 0) is 37.1 Å². The van der Waals surface area contributed by atoms with Gasteiger partial charge in [-0.1, -0.05) is 6.92 Å². The van der Waals surface area contributed by atoms with Crippen molar-refractivity contribution in [3.8, 4) is 0 Å². The number of likely N-dealkylation sites (N-methyl/N-ethyl adjacent to an activating group) is 1. The minimum atomic E-state index is -3.51. The number of carbonyl (C=O) groups excluding carboxylic acids is 1. The molecule has 1 aliphatic rings. The number of hydrogen-bond acceptors (Lipinski definition) is 3. The maximum absolute atomic E-state index is 12.2. The molecule has 1 aliphatic heterocycles. The molecule has 5 nitrogen and oxygen atoms in total. The first-order valence-corrected chi connectivity index (χ1v) is 7.75. The number of fused-ring (bicyclic) bond motifs is 1. The van der Waals surface area contributed by atoms with E-state index in [1.54, 1.807) is 30.1 Å². The molecule has 19 heavy (non-hydrogen) atoms. The van der Waals surface area contributed by atoms with E-state index < -0.39 is 10.0 Å². The van der Waals surface area contributed by atoms with E-state index in [2.05, 4.69) is 4.72 Å². The third-order valence-electron chi connectivity index (χ3n) is 3.41. The molecule has 0 fully saturated rings. The van der Waals surface area contributed by atoms with Gasteiger partial charge in [-0.15, -0.1) is 0 Å². The van der Waals surface area contributed by atoms with Gasteiger partial charge < -0.3 is 4.90 Å². The van der Waals surface area contributed by atoms with E-state index in [1.165, 1.54) is 0 Å². The molecule has 0 aromatic heterocycles. The summed E-state index contributed by atoms with van der Waals surface area (Å²) in [6.45, 7) is 3.74. The molecule has 1 N–H and O–H groups in total. The lowest BCUT2D eigenvalue weighted by atomic mass is 10.2. The number of nitrogens with zero attached hydrogens (tertiary/aromatic N) is 1. The third-order valence-corrected chi connectivity index (χ3v) is 4.99. The summed E-state index contributed by atoms with van der Waals surface area (Å²) in [5.74, 6) is -0.0144. The average Bonchev–Trinajstić information content (AvgIpc) is 2.64. The number of amides is 1. The highest BCUT2D eigenvalue weighted by molar-refractivity contribution is 7.89. The number of anilines is 1. The van der Waals surface area contributed by atoms with Crippen molar-refractivity contribution < 1.29 is 13.2 Å². The van der Waals surface area contributed by atoms with Gasteiger partial charge in [-0.25, -0.2) is 13.1 Å². The molecule has 0 saturated heterocycles. The molecule has 1 aromatic rings. The molecule has 1 aromatic carbocycles. The predicted octanol–water partition coefficient (Wildman–Crippen LogP) is 1.28. The van der Waals surface area contributed by atoms with Gasteiger partial charge >= 0.3 is 0 Å². The summed E-state index contributed by atoms with van der Waals surface area (Å²) >= 11 is 0. The topological polar surface area (TPSA) is 66.5 Å². The normalized spacial score (nSPS) is 16.6. The van der Waals surface area contributed by atoms with Crippen LogP contribution in [0.25, 0.3) is 0 Å². The predicted molar refractivity (Wildman–Crippen MR) is 73.6 cm³/mol. The highest BCUT2D eigenvalue weighted by Gasteiger charge is 2.26. The van der Waals surface area contributed by atoms with E-state index in [0.717, 1.165) is 17.7 Å². The fraction of sp³-hybridized carbons (Fsp3) is 0.462. The fourth-order valence-corrected chi connectivity index (χ4v) is 3.41. The Labute approximate surface area is 113 Å². The van der Waals surface area contributed by atoms with Crippen LogP contribution < -0.4 is 9.62 Å². The van der Waals surface area contributed by atoms with E-state index in [4.69, 9.17) is 0 Å². The minimum Gasteiger partial charge on any atom is -0.315 e. The van der Waals surface area contributed by atoms with Crippen LogP contribution in [-0.4, -0.2) is 27.4 Å². The van der Waals surface area contributed by atoms with Gasteiger partial charge in [0.1, 0.15) is 0 Å². The van der Waals surface area contributed by atoms with Crippen LogP contribution in [0.2, 0.25) is 0 Å². The van der Waals surface area contributed by atoms with Crippen LogP contribution in [0.4, 0.5) is 5.69 Å². The Morgan fingerprint density at radius 1 is 1.42 bits per heavy atom. The second-order valence-corrected chi connectivity index (χ2v) is 6.56. The Hall–Kier alpha value is -1.40. The largest absolute Gasteiger partial charge is 0.315 e. The van der Waals surface area contributed by atoms with Crippen LogP contribution in [0, 0.1) is 0 Å². The lowest BCUT2D eigenvalue weighted by Gasteiger charge is -2.14. The number of carbonyl (C=O) groups is 1. The second kappa shape index (κ2) is 4.94. The number of sulfonamides is 1. The van der Waals surface area contributed by atoms with Crippen LogP contribution in [0.3, 0.4) is 0 Å². The summed E-state index contributed by atoms with van der Waals surface area (Å²) in [5, 5.41) is 0. The highest BCUT2D eigenvalue weighted by atomic mass is 32.2. The zero-order valence-electron chi connectivity index (χ0n) is 11.3. The van der Waals surface area contributed by atoms with Crippen molar-refractivity contribution in [2.24, 2.45) is 0 Å². The van der Waals surface area contributed by atoms with Gasteiger partial charge in [0.05, 0.1) is 11.3 Å². The molecule has 0 bridgehead atoms. The van der Waals surface area contributed by atoms with E-state index >= 15 is 0 Å². The fourth-order valence-electron chi connectivity index (χ4n) is 2.03. The Kier molecular flexibility index (Phi) is 3.64. The average molecular weight is 282 g/mol. The molecule has 0 saturated carbocycles. The Balaban J connectivity index is 2.34. The molecule has 2 rings (SSSR count). The van der Waals surface area contributed by atoms with Crippen LogP contribution >= 0.6 is 0 Å². The first-order chi connectivity index (χ1) is 8.85. The number of hydrogen-bond donors (Lipinski definition) is 1. The van der Waals surface area contributed by atoms with Crippen molar-refractivity contribution in [2.45, 2.75) is 37.6 Å². The van der Waals surface area contributed by atoms with Crippen LogP contribution in [0.15, 0.2) is 23.1 Å². The Morgan fingerprint density at radius 2 is 2.11 bits per heavy atom. The van der Waals surface area contributed by atoms with Crippen LogP contribution in [0.1, 0.15) is 25.8 Å². The Bertz CT molecular complexity index is 610. The smallest absolute Gasteiger partial charge is 0.240 e. The summed E-state index contributed by atoms with van der Waals surface area (Å²) in [6, 6.07) is 4.70. The van der Waals surface area contributed by atoms with Crippen LogP contribution in [0.5, 0.6) is 0 Å². The molecule has 0 radical (unpaired) electrons. The summed E-state index contributed by atoms with van der Waals surface area (Å²) in [7, 11) is -1.81. The molecule has 0 aliphatic carbocycles. The summed E-state index contributed by atoms with van der Waals surface area (Å²) in [4.78, 5) is 13.3. The van der Waals surface area contributed by atoms with Crippen molar-refractivity contribution in [3.05, 3.63) is 23.8 Å². The standard InChI is InChI=1S/C13H18N2O3S/c1-4-9(2)14-19(17,18)11-5-6-12-10(7-11)8-13(16)15(12)3/h5-7,9,14H,4,8H2,1-3H3. The van der Waals surface area contributed by atoms with Gasteiger partial charge in [-0.3, -0.25) is 4.79 Å². The SMILES string of the molecule is CCC(C)NS(=O)(=O)c1ccc2c(c1)CC(=O)N2C. The monoisotopic (exact) mass is 282 g/mol. The van der Waals surface area contributed by atoms with Gasteiger partial charge in [-0.2, -0.15) is 0 Å². The van der Waals surface area contributed by atoms with Crippen molar-refractivity contribution in [1.29, 1.82) is 0 Å². The molecule has 1 amide bonds. The number of nitrogens with one attached hydrogen (secondary N) is 1. The van der Waals surface area contributed by atoms with Gasteiger partial charge in [0.25, 0.3) is 0 Å². The number of benzene rings is 1. The quantitative estimate of drug-likeness (QED) is 0.904. The molecule has 1 heterocycles. The van der Waals surface area contributed by atoms with Crippen molar-refractivity contribution in [3.63, 3.8) is 0 Å². The zero-order chi connectivity index (χ0) is 14.2. The zero-order valence-corrected chi connectivity index (χ0v) is 12.1. The lowest BCUT2D eigenvalue weighted by molar-refractivity contribution is -0.117. The van der Waals surface area contributed by atoms with Crippen molar-refractivity contribution in [1.82, 2.24) is 4.72 Å². The summed E-state index contributed by atoms with van der Waals surface area (Å²) in [5.41, 5.74) is 1.55.